The molecule has 0 unspecified atom stereocenters. The molecular weight excluding hydrogens is 322 g/mol. The summed E-state index contributed by atoms with van der Waals surface area (Å²) in [4.78, 5) is 31.2. The van der Waals surface area contributed by atoms with Crippen molar-refractivity contribution in [3.05, 3.63) is 47.1 Å². The summed E-state index contributed by atoms with van der Waals surface area (Å²) in [6.45, 7) is 2.54. The van der Waals surface area contributed by atoms with Crippen molar-refractivity contribution in [1.82, 2.24) is 15.0 Å². The Kier molecular flexibility index (Phi) is 3.99. The van der Waals surface area contributed by atoms with Crippen LogP contribution in [0.25, 0.3) is 0 Å². The lowest BCUT2D eigenvalue weighted by atomic mass is 9.98. The van der Waals surface area contributed by atoms with E-state index < -0.39 is 12.1 Å². The van der Waals surface area contributed by atoms with E-state index in [2.05, 4.69) is 10.1 Å². The Morgan fingerprint density at radius 1 is 1.36 bits per heavy atom. The number of ether oxygens (including phenoxy) is 1. The second-order valence-corrected chi connectivity index (χ2v) is 6.34. The number of aryl methyl sites for hydroxylation is 1. The first-order valence-electron chi connectivity index (χ1n) is 8.59. The van der Waals surface area contributed by atoms with Crippen LogP contribution < -0.4 is 0 Å². The standard InChI is InChI=1S/C18H19N3O4/c1-2-15-19-16(20-25-15)13-8-5-9-21(13)17(22)14-10-11-6-3-4-7-12(11)18(23)24-14/h3-4,6-7,13-14H,2,5,8-10H2,1H3/t13-,14+/m1/s1. The number of carbonyl (C=O) groups excluding carboxylic acids is 2. The molecule has 0 N–H and O–H groups in total. The average molecular weight is 341 g/mol. The van der Waals surface area contributed by atoms with E-state index in [0.717, 1.165) is 18.4 Å². The SMILES string of the molecule is CCc1nc([C@H]2CCCN2C(=O)[C@@H]2Cc3ccccc3C(=O)O2)no1. The maximum absolute atomic E-state index is 13.0. The minimum atomic E-state index is -0.791. The number of cyclic esters (lactones) is 1. The van der Waals surface area contributed by atoms with Crippen LogP contribution in [0, 0.1) is 0 Å². The van der Waals surface area contributed by atoms with Crippen LogP contribution in [0.3, 0.4) is 0 Å². The van der Waals surface area contributed by atoms with Crippen molar-refractivity contribution in [3.63, 3.8) is 0 Å². The molecule has 7 heteroatoms. The number of amides is 1. The van der Waals surface area contributed by atoms with Gasteiger partial charge >= 0.3 is 5.97 Å². The third-order valence-electron chi connectivity index (χ3n) is 4.79. The van der Waals surface area contributed by atoms with Crippen LogP contribution >= 0.6 is 0 Å². The van der Waals surface area contributed by atoms with E-state index >= 15 is 0 Å². The van der Waals surface area contributed by atoms with E-state index in [1.54, 1.807) is 17.0 Å². The molecule has 0 radical (unpaired) electrons. The second kappa shape index (κ2) is 6.31. The number of hydrogen-bond donors (Lipinski definition) is 0. The van der Waals surface area contributed by atoms with Gasteiger partial charge in [0.1, 0.15) is 0 Å². The zero-order chi connectivity index (χ0) is 17.4. The first kappa shape index (κ1) is 15.8. The minimum Gasteiger partial charge on any atom is -0.448 e. The van der Waals surface area contributed by atoms with Crippen molar-refractivity contribution in [2.24, 2.45) is 0 Å². The van der Waals surface area contributed by atoms with Crippen LogP contribution in [0.1, 0.15) is 53.4 Å². The third kappa shape index (κ3) is 2.79. The highest BCUT2D eigenvalue weighted by Crippen LogP contribution is 2.32. The predicted molar refractivity (Wildman–Crippen MR) is 86.7 cm³/mol. The topological polar surface area (TPSA) is 85.5 Å². The maximum Gasteiger partial charge on any atom is 0.339 e. The highest BCUT2D eigenvalue weighted by Gasteiger charge is 2.40. The molecular formula is C18H19N3O4. The zero-order valence-electron chi connectivity index (χ0n) is 14.0. The molecule has 2 aliphatic rings. The highest BCUT2D eigenvalue weighted by atomic mass is 16.5. The van der Waals surface area contributed by atoms with Gasteiger partial charge in [0.15, 0.2) is 11.9 Å². The van der Waals surface area contributed by atoms with Crippen LogP contribution in [0.4, 0.5) is 0 Å². The van der Waals surface area contributed by atoms with E-state index in [9.17, 15) is 9.59 Å². The molecule has 1 amide bonds. The Morgan fingerprint density at radius 2 is 2.20 bits per heavy atom. The fraction of sp³-hybridized carbons (Fsp3) is 0.444. The molecule has 2 aromatic rings. The first-order chi connectivity index (χ1) is 12.2. The van der Waals surface area contributed by atoms with Gasteiger partial charge in [0.25, 0.3) is 5.91 Å². The third-order valence-corrected chi connectivity index (χ3v) is 4.79. The van der Waals surface area contributed by atoms with Crippen molar-refractivity contribution in [2.75, 3.05) is 6.54 Å². The number of fused-ring (bicyclic) bond motifs is 1. The number of esters is 1. The molecule has 3 heterocycles. The maximum atomic E-state index is 13.0. The highest BCUT2D eigenvalue weighted by molar-refractivity contribution is 5.95. The zero-order valence-corrected chi connectivity index (χ0v) is 14.0. The van der Waals surface area contributed by atoms with Crippen molar-refractivity contribution in [3.8, 4) is 0 Å². The van der Waals surface area contributed by atoms with Gasteiger partial charge in [-0.15, -0.1) is 0 Å². The molecule has 1 aromatic heterocycles. The van der Waals surface area contributed by atoms with Gasteiger partial charge in [0.2, 0.25) is 5.89 Å². The van der Waals surface area contributed by atoms with Gasteiger partial charge in [-0.25, -0.2) is 4.79 Å². The summed E-state index contributed by atoms with van der Waals surface area (Å²) in [5, 5.41) is 4.01. The van der Waals surface area contributed by atoms with E-state index in [0.29, 0.717) is 36.7 Å². The van der Waals surface area contributed by atoms with Crippen LogP contribution in [-0.2, 0) is 22.4 Å². The summed E-state index contributed by atoms with van der Waals surface area (Å²) in [5.74, 6) is 0.467. The normalized spacial score (nSPS) is 22.6. The summed E-state index contributed by atoms with van der Waals surface area (Å²) in [7, 11) is 0. The van der Waals surface area contributed by atoms with E-state index in [4.69, 9.17) is 9.26 Å². The quantitative estimate of drug-likeness (QED) is 0.795. The van der Waals surface area contributed by atoms with Gasteiger partial charge in [-0.3, -0.25) is 4.79 Å². The smallest absolute Gasteiger partial charge is 0.339 e. The molecule has 25 heavy (non-hydrogen) atoms. The molecule has 2 atom stereocenters. The number of hydrogen-bond acceptors (Lipinski definition) is 6. The van der Waals surface area contributed by atoms with Crippen molar-refractivity contribution < 1.29 is 18.8 Å². The van der Waals surface area contributed by atoms with Crippen molar-refractivity contribution in [1.29, 1.82) is 0 Å². The van der Waals surface area contributed by atoms with Gasteiger partial charge in [0, 0.05) is 19.4 Å². The fourth-order valence-electron chi connectivity index (χ4n) is 3.50. The second-order valence-electron chi connectivity index (χ2n) is 6.34. The molecule has 0 spiro atoms. The number of likely N-dealkylation sites (tertiary alicyclic amines) is 1. The van der Waals surface area contributed by atoms with Gasteiger partial charge in [-0.05, 0) is 24.5 Å². The fourth-order valence-corrected chi connectivity index (χ4v) is 3.50. The Balaban J connectivity index is 1.55. The number of aromatic nitrogens is 2. The summed E-state index contributed by atoms with van der Waals surface area (Å²) < 4.78 is 10.6. The van der Waals surface area contributed by atoms with Gasteiger partial charge in [-0.1, -0.05) is 30.3 Å². The molecule has 2 aliphatic heterocycles. The molecule has 130 valence electrons. The van der Waals surface area contributed by atoms with E-state index in [1.165, 1.54) is 0 Å². The molecule has 1 saturated heterocycles. The van der Waals surface area contributed by atoms with Gasteiger partial charge < -0.3 is 14.2 Å². The summed E-state index contributed by atoms with van der Waals surface area (Å²) in [5.41, 5.74) is 1.39. The number of nitrogens with zero attached hydrogens (tertiary/aromatic N) is 3. The summed E-state index contributed by atoms with van der Waals surface area (Å²) >= 11 is 0. The van der Waals surface area contributed by atoms with E-state index in [1.807, 2.05) is 19.1 Å². The molecule has 4 rings (SSSR count). The van der Waals surface area contributed by atoms with Crippen molar-refractivity contribution >= 4 is 11.9 Å². The van der Waals surface area contributed by atoms with Crippen LogP contribution in [0.2, 0.25) is 0 Å². The largest absolute Gasteiger partial charge is 0.448 e. The predicted octanol–water partition coefficient (Wildman–Crippen LogP) is 2.08. The molecule has 0 saturated carbocycles. The average Bonchev–Trinajstić information content (AvgIpc) is 3.29. The molecule has 7 nitrogen and oxygen atoms in total. The first-order valence-corrected chi connectivity index (χ1v) is 8.59. The van der Waals surface area contributed by atoms with Crippen molar-refractivity contribution in [2.45, 2.75) is 44.8 Å². The summed E-state index contributed by atoms with van der Waals surface area (Å²) in [6.07, 6.45) is 1.91. The molecule has 1 aromatic carbocycles. The monoisotopic (exact) mass is 341 g/mol. The Labute approximate surface area is 145 Å². The van der Waals surface area contributed by atoms with Gasteiger partial charge in [0.05, 0.1) is 11.6 Å². The number of rotatable bonds is 3. The number of benzene rings is 1. The Bertz CT molecular complexity index is 816. The lowest BCUT2D eigenvalue weighted by Crippen LogP contribution is -2.44. The van der Waals surface area contributed by atoms with Crippen LogP contribution in [0.5, 0.6) is 0 Å². The van der Waals surface area contributed by atoms with Crippen LogP contribution in [-0.4, -0.2) is 39.6 Å². The summed E-state index contributed by atoms with van der Waals surface area (Å²) in [6, 6.07) is 7.03. The number of carbonyl (C=O) groups is 2. The van der Waals surface area contributed by atoms with E-state index in [-0.39, 0.29) is 11.9 Å². The minimum absolute atomic E-state index is 0.187. The lowest BCUT2D eigenvalue weighted by Gasteiger charge is -2.29. The Hall–Kier alpha value is -2.70. The van der Waals surface area contributed by atoms with Crippen LogP contribution in [0.15, 0.2) is 28.8 Å². The molecule has 0 aliphatic carbocycles. The lowest BCUT2D eigenvalue weighted by molar-refractivity contribution is -0.142. The Morgan fingerprint density at radius 3 is 3.00 bits per heavy atom. The molecule has 0 bridgehead atoms. The molecule has 1 fully saturated rings. The van der Waals surface area contributed by atoms with Gasteiger partial charge in [-0.2, -0.15) is 4.98 Å².